The summed E-state index contributed by atoms with van der Waals surface area (Å²) in [5.74, 6) is 1.41. The lowest BCUT2D eigenvalue weighted by Gasteiger charge is -2.14. The van der Waals surface area contributed by atoms with Gasteiger partial charge in [-0.2, -0.15) is 5.10 Å². The Balaban J connectivity index is 2.13. The number of nitrogens with zero attached hydrogens (tertiary/aromatic N) is 2. The van der Waals surface area contributed by atoms with Gasteiger partial charge in [0.05, 0.1) is 37.5 Å². The molecular weight excluding hydrogens is 300 g/mol. The van der Waals surface area contributed by atoms with Gasteiger partial charge in [0.1, 0.15) is 11.5 Å². The van der Waals surface area contributed by atoms with Crippen molar-refractivity contribution in [1.82, 2.24) is 9.78 Å². The molecule has 0 atom stereocenters. The molecule has 0 unspecified atom stereocenters. The third kappa shape index (κ3) is 3.48. The number of ether oxygens (including phenoxy) is 2. The fourth-order valence-electron chi connectivity index (χ4n) is 2.08. The van der Waals surface area contributed by atoms with E-state index >= 15 is 0 Å². The summed E-state index contributed by atoms with van der Waals surface area (Å²) in [6.45, 7) is 4.85. The van der Waals surface area contributed by atoms with E-state index in [1.54, 1.807) is 20.4 Å². The van der Waals surface area contributed by atoms with E-state index in [9.17, 15) is 0 Å². The first-order valence-electron chi connectivity index (χ1n) is 6.91. The van der Waals surface area contributed by atoms with Crippen molar-refractivity contribution < 1.29 is 9.47 Å². The van der Waals surface area contributed by atoms with E-state index in [0.717, 1.165) is 29.4 Å². The molecule has 2 rings (SSSR count). The smallest absolute Gasteiger partial charge is 0.175 e. The van der Waals surface area contributed by atoms with Crippen LogP contribution in [0.25, 0.3) is 0 Å². The van der Waals surface area contributed by atoms with Crippen LogP contribution in [0.15, 0.2) is 24.4 Å². The van der Waals surface area contributed by atoms with Crippen molar-refractivity contribution in [2.45, 2.75) is 20.4 Å². The average molecular weight is 320 g/mol. The van der Waals surface area contributed by atoms with Crippen molar-refractivity contribution in [2.75, 3.05) is 24.9 Å². The highest BCUT2D eigenvalue weighted by Gasteiger charge is 2.10. The molecular formula is C15H20N4O2S. The Morgan fingerprint density at radius 1 is 1.23 bits per heavy atom. The van der Waals surface area contributed by atoms with Gasteiger partial charge in [-0.05, 0) is 38.2 Å². The lowest BCUT2D eigenvalue weighted by molar-refractivity contribution is 0.405. The van der Waals surface area contributed by atoms with Crippen LogP contribution in [0.5, 0.6) is 11.5 Å². The lowest BCUT2D eigenvalue weighted by Crippen LogP contribution is -2.20. The number of aryl methyl sites for hydroxylation is 1. The summed E-state index contributed by atoms with van der Waals surface area (Å²) in [6.07, 6.45) is 1.76. The highest BCUT2D eigenvalue weighted by Crippen LogP contribution is 2.29. The summed E-state index contributed by atoms with van der Waals surface area (Å²) in [6, 6.07) is 5.48. The second-order valence-corrected chi connectivity index (χ2v) is 5.01. The van der Waals surface area contributed by atoms with Gasteiger partial charge in [-0.1, -0.05) is 0 Å². The Bertz CT molecular complexity index is 670. The highest BCUT2D eigenvalue weighted by molar-refractivity contribution is 7.80. The number of benzene rings is 1. The van der Waals surface area contributed by atoms with E-state index in [1.165, 1.54) is 0 Å². The van der Waals surface area contributed by atoms with Crippen LogP contribution in [0.3, 0.4) is 0 Å². The molecule has 0 aliphatic heterocycles. The first-order chi connectivity index (χ1) is 10.6. The Hall–Kier alpha value is -2.28. The maximum absolute atomic E-state index is 5.35. The summed E-state index contributed by atoms with van der Waals surface area (Å²) >= 11 is 5.35. The number of anilines is 2. The summed E-state index contributed by atoms with van der Waals surface area (Å²) in [5, 5.41) is 11.0. The molecule has 0 fully saturated rings. The lowest BCUT2D eigenvalue weighted by atomic mass is 10.2. The minimum atomic E-state index is 0.463. The van der Waals surface area contributed by atoms with Crippen LogP contribution in [0.1, 0.15) is 12.6 Å². The Morgan fingerprint density at radius 2 is 1.95 bits per heavy atom. The van der Waals surface area contributed by atoms with E-state index in [0.29, 0.717) is 10.9 Å². The number of aromatic nitrogens is 2. The second-order valence-electron chi connectivity index (χ2n) is 4.60. The summed E-state index contributed by atoms with van der Waals surface area (Å²) in [5.41, 5.74) is 2.64. The molecule has 118 valence electrons. The fraction of sp³-hybridized carbons (Fsp3) is 0.333. The van der Waals surface area contributed by atoms with Crippen LogP contribution in [-0.4, -0.2) is 29.1 Å². The van der Waals surface area contributed by atoms with Crippen molar-refractivity contribution >= 4 is 28.7 Å². The molecule has 2 aromatic rings. The molecule has 0 saturated carbocycles. The molecule has 0 amide bonds. The first kappa shape index (κ1) is 16.1. The number of thiocarbonyl (C=S) groups is 1. The molecule has 1 aromatic heterocycles. The zero-order valence-corrected chi connectivity index (χ0v) is 14.0. The van der Waals surface area contributed by atoms with Gasteiger partial charge in [0, 0.05) is 12.6 Å². The molecule has 22 heavy (non-hydrogen) atoms. The van der Waals surface area contributed by atoms with Gasteiger partial charge in [-0.15, -0.1) is 0 Å². The van der Waals surface area contributed by atoms with Gasteiger partial charge in [0.15, 0.2) is 5.11 Å². The van der Waals surface area contributed by atoms with Gasteiger partial charge in [-0.25, -0.2) is 0 Å². The zero-order valence-electron chi connectivity index (χ0n) is 13.1. The van der Waals surface area contributed by atoms with E-state index in [-0.39, 0.29) is 0 Å². The normalized spacial score (nSPS) is 10.2. The molecule has 0 saturated heterocycles. The molecule has 1 aromatic carbocycles. The minimum Gasteiger partial charge on any atom is -0.497 e. The van der Waals surface area contributed by atoms with Gasteiger partial charge >= 0.3 is 0 Å². The number of rotatable bonds is 5. The second kappa shape index (κ2) is 7.13. The topological polar surface area (TPSA) is 60.3 Å². The van der Waals surface area contributed by atoms with Crippen LogP contribution in [0.2, 0.25) is 0 Å². The fourth-order valence-corrected chi connectivity index (χ4v) is 2.30. The molecule has 0 bridgehead atoms. The predicted molar refractivity (Wildman–Crippen MR) is 92.0 cm³/mol. The van der Waals surface area contributed by atoms with Crippen molar-refractivity contribution in [1.29, 1.82) is 0 Å². The van der Waals surface area contributed by atoms with Crippen molar-refractivity contribution in [3.63, 3.8) is 0 Å². The number of hydrogen-bond donors (Lipinski definition) is 2. The quantitative estimate of drug-likeness (QED) is 0.826. The molecule has 0 radical (unpaired) electrons. The summed E-state index contributed by atoms with van der Waals surface area (Å²) in [4.78, 5) is 0. The Kier molecular flexibility index (Phi) is 5.21. The van der Waals surface area contributed by atoms with E-state index in [2.05, 4.69) is 15.7 Å². The van der Waals surface area contributed by atoms with Gasteiger partial charge in [0.2, 0.25) is 0 Å². The SMILES string of the molecule is CCn1ncc(NC(=S)Nc2cc(OC)ccc2OC)c1C. The summed E-state index contributed by atoms with van der Waals surface area (Å²) < 4.78 is 12.4. The van der Waals surface area contributed by atoms with Gasteiger partial charge in [0.25, 0.3) is 0 Å². The zero-order chi connectivity index (χ0) is 16.1. The van der Waals surface area contributed by atoms with Crippen LogP contribution in [0.4, 0.5) is 11.4 Å². The molecule has 0 spiro atoms. The molecule has 0 aliphatic rings. The minimum absolute atomic E-state index is 0.463. The summed E-state index contributed by atoms with van der Waals surface area (Å²) in [7, 11) is 3.23. The Labute approximate surface area is 135 Å². The molecule has 1 heterocycles. The largest absolute Gasteiger partial charge is 0.497 e. The first-order valence-corrected chi connectivity index (χ1v) is 7.32. The average Bonchev–Trinajstić information content (AvgIpc) is 2.87. The molecule has 6 nitrogen and oxygen atoms in total. The van der Waals surface area contributed by atoms with Crippen LogP contribution in [-0.2, 0) is 6.54 Å². The van der Waals surface area contributed by atoms with Gasteiger partial charge in [-0.3, -0.25) is 4.68 Å². The van der Waals surface area contributed by atoms with Crippen molar-refractivity contribution in [3.8, 4) is 11.5 Å². The van der Waals surface area contributed by atoms with E-state index < -0.39 is 0 Å². The third-order valence-electron chi connectivity index (χ3n) is 3.31. The van der Waals surface area contributed by atoms with E-state index in [1.807, 2.05) is 36.7 Å². The monoisotopic (exact) mass is 320 g/mol. The van der Waals surface area contributed by atoms with E-state index in [4.69, 9.17) is 21.7 Å². The maximum Gasteiger partial charge on any atom is 0.175 e. The molecule has 2 N–H and O–H groups in total. The Morgan fingerprint density at radius 3 is 2.55 bits per heavy atom. The maximum atomic E-state index is 5.35. The number of nitrogens with one attached hydrogen (secondary N) is 2. The van der Waals surface area contributed by atoms with Crippen molar-refractivity contribution in [2.24, 2.45) is 0 Å². The van der Waals surface area contributed by atoms with Gasteiger partial charge < -0.3 is 20.1 Å². The van der Waals surface area contributed by atoms with Crippen LogP contribution < -0.4 is 20.1 Å². The number of methoxy groups -OCH3 is 2. The highest BCUT2D eigenvalue weighted by atomic mass is 32.1. The van der Waals surface area contributed by atoms with Crippen LogP contribution >= 0.6 is 12.2 Å². The third-order valence-corrected chi connectivity index (χ3v) is 3.51. The molecule has 7 heteroatoms. The predicted octanol–water partition coefficient (Wildman–Crippen LogP) is 3.04. The number of hydrogen-bond acceptors (Lipinski definition) is 4. The molecule has 0 aliphatic carbocycles. The van der Waals surface area contributed by atoms with Crippen LogP contribution in [0, 0.1) is 6.92 Å². The van der Waals surface area contributed by atoms with Crippen molar-refractivity contribution in [3.05, 3.63) is 30.1 Å². The standard InChI is InChI=1S/C15H20N4O2S/c1-5-19-10(2)13(9-16-19)18-15(22)17-12-8-11(20-3)6-7-14(12)21-4/h6-9H,5H2,1-4H3,(H2,17,18,22).